The van der Waals surface area contributed by atoms with Crippen molar-refractivity contribution < 1.29 is 24.2 Å². The third-order valence-corrected chi connectivity index (χ3v) is 5.93. The number of carbonyl (C=O) groups excluding carboxylic acids is 3. The topological polar surface area (TPSA) is 95.9 Å². The van der Waals surface area contributed by atoms with Gasteiger partial charge in [-0.1, -0.05) is 6.07 Å². The predicted molar refractivity (Wildman–Crippen MR) is 124 cm³/mol. The Morgan fingerprint density at radius 3 is 2.24 bits per heavy atom. The third kappa shape index (κ3) is 3.95. The number of hydrogen-bond donors (Lipinski definition) is 2. The van der Waals surface area contributed by atoms with E-state index >= 15 is 0 Å². The van der Waals surface area contributed by atoms with E-state index in [0.29, 0.717) is 27.8 Å². The van der Waals surface area contributed by atoms with E-state index in [1.807, 2.05) is 11.4 Å². The van der Waals surface area contributed by atoms with E-state index in [2.05, 4.69) is 5.32 Å². The Labute approximate surface area is 192 Å². The summed E-state index contributed by atoms with van der Waals surface area (Å²) in [7, 11) is 0. The lowest BCUT2D eigenvalue weighted by atomic mass is 10.1. The van der Waals surface area contributed by atoms with Crippen LogP contribution < -0.4 is 15.0 Å². The number of anilines is 2. The van der Waals surface area contributed by atoms with Crippen molar-refractivity contribution in [2.45, 2.75) is 0 Å². The monoisotopic (exact) mass is 456 g/mol. The zero-order valence-corrected chi connectivity index (χ0v) is 17.8. The average Bonchev–Trinajstić information content (AvgIpc) is 3.44. The molecule has 0 spiro atoms. The van der Waals surface area contributed by atoms with Crippen molar-refractivity contribution in [1.29, 1.82) is 0 Å². The number of rotatable bonds is 5. The number of thiophene rings is 1. The molecule has 0 radical (unpaired) electrons. The molecule has 1 aliphatic rings. The number of nitrogens with one attached hydrogen (secondary N) is 1. The fraction of sp³-hybridized carbons (Fsp3) is 0. The van der Waals surface area contributed by atoms with Gasteiger partial charge in [-0.2, -0.15) is 0 Å². The quantitative estimate of drug-likeness (QED) is 0.398. The van der Waals surface area contributed by atoms with Crippen LogP contribution in [0, 0.1) is 0 Å². The van der Waals surface area contributed by atoms with E-state index in [1.54, 1.807) is 42.5 Å². The lowest BCUT2D eigenvalue weighted by molar-refractivity contribution is 0.0924. The maximum absolute atomic E-state index is 12.9. The van der Waals surface area contributed by atoms with Gasteiger partial charge in [-0.25, -0.2) is 4.90 Å². The SMILES string of the molecule is O=C(Nc1ccc(Oc2ccc3c(c2)C(=O)N(c2ccc(O)cc2)C3=O)cc1)c1cccs1. The highest BCUT2D eigenvalue weighted by atomic mass is 32.1. The first-order valence-corrected chi connectivity index (χ1v) is 10.8. The molecule has 0 bridgehead atoms. The van der Waals surface area contributed by atoms with Crippen LogP contribution in [0.15, 0.2) is 84.2 Å². The third-order valence-electron chi connectivity index (χ3n) is 5.06. The molecule has 1 aromatic heterocycles. The summed E-state index contributed by atoms with van der Waals surface area (Å²) in [5, 5.41) is 14.1. The van der Waals surface area contributed by atoms with Gasteiger partial charge in [-0.3, -0.25) is 14.4 Å². The van der Waals surface area contributed by atoms with Gasteiger partial charge in [0.2, 0.25) is 0 Å². The van der Waals surface area contributed by atoms with Crippen LogP contribution in [-0.4, -0.2) is 22.8 Å². The molecule has 1 aliphatic heterocycles. The van der Waals surface area contributed by atoms with Gasteiger partial charge in [0.15, 0.2) is 0 Å². The minimum absolute atomic E-state index is 0.0446. The number of carbonyl (C=O) groups is 3. The van der Waals surface area contributed by atoms with Crippen molar-refractivity contribution in [3.63, 3.8) is 0 Å². The second-order valence-electron chi connectivity index (χ2n) is 7.23. The van der Waals surface area contributed by atoms with Crippen LogP contribution in [0.3, 0.4) is 0 Å². The molecule has 3 aromatic carbocycles. The molecular formula is C25H16N2O5S. The molecule has 0 saturated heterocycles. The Bertz CT molecular complexity index is 1360. The standard InChI is InChI=1S/C25H16N2O5S/c28-17-7-5-16(6-8-17)27-24(30)20-12-11-19(14-21(20)25(27)31)32-18-9-3-15(4-10-18)26-23(29)22-2-1-13-33-22/h1-14,28H,(H,26,29). The van der Waals surface area contributed by atoms with Crippen molar-refractivity contribution in [1.82, 2.24) is 0 Å². The van der Waals surface area contributed by atoms with E-state index < -0.39 is 11.8 Å². The second kappa shape index (κ2) is 8.25. The van der Waals surface area contributed by atoms with Crippen LogP contribution in [0.5, 0.6) is 17.2 Å². The molecule has 0 aliphatic carbocycles. The summed E-state index contributed by atoms with van der Waals surface area (Å²) in [6.07, 6.45) is 0. The Kier molecular flexibility index (Phi) is 5.12. The summed E-state index contributed by atoms with van der Waals surface area (Å²) in [6, 6.07) is 21.0. The Hall–Kier alpha value is -4.43. The van der Waals surface area contributed by atoms with E-state index in [1.165, 1.54) is 41.7 Å². The second-order valence-corrected chi connectivity index (χ2v) is 8.18. The number of imide groups is 1. The van der Waals surface area contributed by atoms with E-state index in [4.69, 9.17) is 4.74 Å². The lowest BCUT2D eigenvalue weighted by Gasteiger charge is -2.13. The maximum Gasteiger partial charge on any atom is 0.266 e. The first-order chi connectivity index (χ1) is 16.0. The highest BCUT2D eigenvalue weighted by Gasteiger charge is 2.37. The number of phenols is 1. The molecule has 8 heteroatoms. The van der Waals surface area contributed by atoms with Gasteiger partial charge in [-0.15, -0.1) is 11.3 Å². The molecule has 3 amide bonds. The number of hydrogen-bond acceptors (Lipinski definition) is 6. The maximum atomic E-state index is 12.9. The van der Waals surface area contributed by atoms with E-state index in [-0.39, 0.29) is 22.8 Å². The van der Waals surface area contributed by atoms with E-state index in [0.717, 1.165) is 4.90 Å². The van der Waals surface area contributed by atoms with Gasteiger partial charge in [0, 0.05) is 5.69 Å². The Morgan fingerprint density at radius 1 is 0.848 bits per heavy atom. The van der Waals surface area contributed by atoms with Gasteiger partial charge in [-0.05, 0) is 78.2 Å². The van der Waals surface area contributed by atoms with Crippen LogP contribution in [-0.2, 0) is 0 Å². The summed E-state index contributed by atoms with van der Waals surface area (Å²) in [5.41, 5.74) is 1.53. The van der Waals surface area contributed by atoms with Gasteiger partial charge >= 0.3 is 0 Å². The summed E-state index contributed by atoms with van der Waals surface area (Å²) < 4.78 is 5.85. The number of benzene rings is 3. The molecular weight excluding hydrogens is 440 g/mol. The summed E-state index contributed by atoms with van der Waals surface area (Å²) in [4.78, 5) is 39.5. The zero-order valence-electron chi connectivity index (χ0n) is 17.0. The van der Waals surface area contributed by atoms with Crippen molar-refractivity contribution >= 4 is 40.4 Å². The average molecular weight is 456 g/mol. The molecule has 5 rings (SSSR count). The molecule has 4 aromatic rings. The fourth-order valence-corrected chi connectivity index (χ4v) is 4.08. The van der Waals surface area contributed by atoms with Crippen LogP contribution in [0.4, 0.5) is 11.4 Å². The van der Waals surface area contributed by atoms with Crippen LogP contribution in [0.25, 0.3) is 0 Å². The summed E-state index contributed by atoms with van der Waals surface area (Å²) >= 11 is 1.36. The highest BCUT2D eigenvalue weighted by molar-refractivity contribution is 7.12. The largest absolute Gasteiger partial charge is 0.508 e. The highest BCUT2D eigenvalue weighted by Crippen LogP contribution is 2.33. The van der Waals surface area contributed by atoms with Gasteiger partial charge in [0.05, 0.1) is 21.7 Å². The zero-order chi connectivity index (χ0) is 22.9. The van der Waals surface area contributed by atoms with Crippen molar-refractivity contribution in [2.75, 3.05) is 10.2 Å². The lowest BCUT2D eigenvalue weighted by Crippen LogP contribution is -2.29. The molecule has 0 atom stereocenters. The minimum Gasteiger partial charge on any atom is -0.508 e. The molecule has 2 heterocycles. The summed E-state index contributed by atoms with van der Waals surface area (Å²) in [6.45, 7) is 0. The minimum atomic E-state index is -0.460. The van der Waals surface area contributed by atoms with Gasteiger partial charge in [0.1, 0.15) is 17.2 Å². The molecule has 33 heavy (non-hydrogen) atoms. The molecule has 0 unspecified atom stereocenters. The van der Waals surface area contributed by atoms with Gasteiger partial charge < -0.3 is 15.2 Å². The molecule has 0 fully saturated rings. The van der Waals surface area contributed by atoms with Gasteiger partial charge in [0.25, 0.3) is 17.7 Å². The summed E-state index contributed by atoms with van der Waals surface area (Å²) in [5.74, 6) is -0.119. The molecule has 162 valence electrons. The molecule has 2 N–H and O–H groups in total. The van der Waals surface area contributed by atoms with Crippen LogP contribution in [0.1, 0.15) is 30.4 Å². The Balaban J connectivity index is 1.31. The number of amides is 3. The number of nitrogens with zero attached hydrogens (tertiary/aromatic N) is 1. The van der Waals surface area contributed by atoms with E-state index in [9.17, 15) is 19.5 Å². The van der Waals surface area contributed by atoms with Crippen molar-refractivity contribution in [3.05, 3.63) is 100 Å². The first-order valence-electron chi connectivity index (χ1n) is 9.94. The normalized spacial score (nSPS) is 12.5. The number of aromatic hydroxyl groups is 1. The van der Waals surface area contributed by atoms with Crippen LogP contribution >= 0.6 is 11.3 Å². The number of fused-ring (bicyclic) bond motifs is 1. The molecule has 0 saturated carbocycles. The van der Waals surface area contributed by atoms with Crippen LogP contribution in [0.2, 0.25) is 0 Å². The fourth-order valence-electron chi connectivity index (χ4n) is 3.46. The number of phenolic OH excluding ortho intramolecular Hbond substituents is 1. The van der Waals surface area contributed by atoms with Crippen molar-refractivity contribution in [2.24, 2.45) is 0 Å². The number of ether oxygens (including phenoxy) is 1. The van der Waals surface area contributed by atoms with Crippen molar-refractivity contribution in [3.8, 4) is 17.2 Å². The molecule has 7 nitrogen and oxygen atoms in total. The predicted octanol–water partition coefficient (Wildman–Crippen LogP) is 5.30. The Morgan fingerprint density at radius 2 is 1.55 bits per heavy atom. The smallest absolute Gasteiger partial charge is 0.266 e. The first kappa shape index (κ1) is 20.5.